The minimum atomic E-state index is -0.535. The Balaban J connectivity index is 1.93. The second-order valence-electron chi connectivity index (χ2n) is 5.83. The zero-order chi connectivity index (χ0) is 17.6. The lowest BCUT2D eigenvalue weighted by molar-refractivity contribution is 0.0893. The van der Waals surface area contributed by atoms with E-state index in [9.17, 15) is 9.59 Å². The van der Waals surface area contributed by atoms with Crippen molar-refractivity contribution in [1.82, 2.24) is 0 Å². The average Bonchev–Trinajstić information content (AvgIpc) is 2.67. The highest BCUT2D eigenvalue weighted by atomic mass is 35.5. The van der Waals surface area contributed by atoms with Crippen molar-refractivity contribution >= 4 is 23.2 Å². The van der Waals surface area contributed by atoms with E-state index in [-0.39, 0.29) is 18.0 Å². The van der Waals surface area contributed by atoms with E-state index in [0.717, 1.165) is 5.56 Å². The summed E-state index contributed by atoms with van der Waals surface area (Å²) in [7, 11) is 0. The van der Waals surface area contributed by atoms with Gasteiger partial charge in [-0.1, -0.05) is 84.4 Å². The molecule has 0 aromatic heterocycles. The molecule has 3 rings (SSSR count). The van der Waals surface area contributed by atoms with Crippen LogP contribution in [0, 0.1) is 0 Å². The summed E-state index contributed by atoms with van der Waals surface area (Å²) in [5.41, 5.74) is 2.01. The molecule has 0 aliphatic rings. The van der Waals surface area contributed by atoms with E-state index in [0.29, 0.717) is 16.1 Å². The van der Waals surface area contributed by atoms with Crippen LogP contribution in [0.2, 0.25) is 5.02 Å². The molecule has 0 spiro atoms. The number of hydrogen-bond donors (Lipinski definition) is 0. The lowest BCUT2D eigenvalue weighted by Gasteiger charge is -2.16. The Morgan fingerprint density at radius 3 is 1.80 bits per heavy atom. The molecule has 124 valence electrons. The molecule has 0 saturated heterocycles. The fourth-order valence-electron chi connectivity index (χ4n) is 2.79. The first-order valence-electron chi connectivity index (χ1n) is 8.08. The molecule has 0 saturated carbocycles. The molecule has 0 heterocycles. The molecule has 0 radical (unpaired) electrons. The third-order valence-corrected chi connectivity index (χ3v) is 4.38. The van der Waals surface area contributed by atoms with Crippen LogP contribution in [-0.2, 0) is 0 Å². The Hall–Kier alpha value is -2.71. The van der Waals surface area contributed by atoms with Crippen molar-refractivity contribution in [2.75, 3.05) is 0 Å². The Kier molecular flexibility index (Phi) is 5.42. The van der Waals surface area contributed by atoms with E-state index in [1.165, 1.54) is 0 Å². The monoisotopic (exact) mass is 348 g/mol. The molecule has 0 N–H and O–H groups in total. The summed E-state index contributed by atoms with van der Waals surface area (Å²) < 4.78 is 0. The smallest absolute Gasteiger partial charge is 0.170 e. The van der Waals surface area contributed by atoms with Crippen LogP contribution in [-0.4, -0.2) is 11.6 Å². The van der Waals surface area contributed by atoms with Gasteiger partial charge in [-0.2, -0.15) is 0 Å². The molecule has 2 nitrogen and oxygen atoms in total. The van der Waals surface area contributed by atoms with Gasteiger partial charge in [0.25, 0.3) is 0 Å². The van der Waals surface area contributed by atoms with Crippen LogP contribution >= 0.6 is 11.6 Å². The lowest BCUT2D eigenvalue weighted by Crippen LogP contribution is -2.17. The summed E-state index contributed by atoms with van der Waals surface area (Å²) in [5, 5.41) is 0.601. The van der Waals surface area contributed by atoms with Crippen LogP contribution in [0.3, 0.4) is 0 Å². The predicted octanol–water partition coefficient (Wildman–Crippen LogP) is 5.58. The second-order valence-corrected chi connectivity index (χ2v) is 6.26. The molecular weight excluding hydrogens is 332 g/mol. The molecule has 1 unspecified atom stereocenters. The topological polar surface area (TPSA) is 34.1 Å². The minimum Gasteiger partial charge on any atom is -0.294 e. The van der Waals surface area contributed by atoms with Crippen molar-refractivity contribution in [3.05, 3.63) is 107 Å². The molecule has 25 heavy (non-hydrogen) atoms. The summed E-state index contributed by atoms with van der Waals surface area (Å²) in [4.78, 5) is 25.7. The van der Waals surface area contributed by atoms with Gasteiger partial charge in [0.2, 0.25) is 0 Å². The Morgan fingerprint density at radius 2 is 1.24 bits per heavy atom. The van der Waals surface area contributed by atoms with E-state index in [1.54, 1.807) is 36.4 Å². The van der Waals surface area contributed by atoms with Gasteiger partial charge in [0.15, 0.2) is 11.6 Å². The van der Waals surface area contributed by atoms with Crippen LogP contribution in [0.25, 0.3) is 0 Å². The van der Waals surface area contributed by atoms with E-state index >= 15 is 0 Å². The first-order chi connectivity index (χ1) is 12.1. The lowest BCUT2D eigenvalue weighted by atomic mass is 9.85. The molecule has 0 amide bonds. The summed E-state index contributed by atoms with van der Waals surface area (Å²) in [6, 6.07) is 25.2. The fourth-order valence-corrected chi connectivity index (χ4v) is 2.91. The number of halogens is 1. The van der Waals surface area contributed by atoms with Gasteiger partial charge >= 0.3 is 0 Å². The van der Waals surface area contributed by atoms with Crippen molar-refractivity contribution in [3.63, 3.8) is 0 Å². The molecule has 3 aromatic carbocycles. The van der Waals surface area contributed by atoms with Crippen LogP contribution in [0.1, 0.15) is 38.6 Å². The van der Waals surface area contributed by atoms with Crippen molar-refractivity contribution < 1.29 is 9.59 Å². The van der Waals surface area contributed by atoms with Crippen LogP contribution in [0.5, 0.6) is 0 Å². The maximum absolute atomic E-state index is 13.0. The summed E-state index contributed by atoms with van der Waals surface area (Å²) in [6.45, 7) is 0. The zero-order valence-corrected chi connectivity index (χ0v) is 14.3. The number of hydrogen-bond acceptors (Lipinski definition) is 2. The number of Topliss-reactive ketones (excluding diaryl/α,β-unsaturated/α-hetero) is 2. The van der Waals surface area contributed by atoms with Gasteiger partial charge in [-0.3, -0.25) is 9.59 Å². The van der Waals surface area contributed by atoms with Crippen LogP contribution < -0.4 is 0 Å². The first-order valence-corrected chi connectivity index (χ1v) is 8.46. The number of rotatable bonds is 6. The number of carbonyl (C=O) groups is 2. The molecule has 0 bridgehead atoms. The number of carbonyl (C=O) groups excluding carboxylic acids is 2. The maximum Gasteiger partial charge on any atom is 0.170 e. The summed E-state index contributed by atoms with van der Waals surface area (Å²) in [6.07, 6.45) is 0.124. The van der Waals surface area contributed by atoms with Gasteiger partial charge in [0.1, 0.15) is 0 Å². The Bertz CT molecular complexity index is 856. The molecule has 3 aromatic rings. The fraction of sp³-hybridized carbons (Fsp3) is 0.0909. The minimum absolute atomic E-state index is 0.0511. The van der Waals surface area contributed by atoms with Crippen LogP contribution in [0.15, 0.2) is 84.9 Å². The molecule has 0 aliphatic carbocycles. The highest BCUT2D eigenvalue weighted by Crippen LogP contribution is 2.27. The van der Waals surface area contributed by atoms with E-state index in [1.807, 2.05) is 48.5 Å². The van der Waals surface area contributed by atoms with Crippen molar-refractivity contribution in [2.24, 2.45) is 0 Å². The summed E-state index contributed by atoms with van der Waals surface area (Å²) in [5.74, 6) is -0.649. The van der Waals surface area contributed by atoms with Gasteiger partial charge < -0.3 is 0 Å². The molecular formula is C22H17ClO2. The predicted molar refractivity (Wildman–Crippen MR) is 100 cm³/mol. The third-order valence-electron chi connectivity index (χ3n) is 4.13. The van der Waals surface area contributed by atoms with Gasteiger partial charge in [0.05, 0.1) is 5.92 Å². The van der Waals surface area contributed by atoms with Gasteiger partial charge in [-0.05, 0) is 17.7 Å². The Morgan fingerprint density at radius 1 is 0.720 bits per heavy atom. The summed E-state index contributed by atoms with van der Waals surface area (Å²) >= 11 is 5.96. The highest BCUT2D eigenvalue weighted by Gasteiger charge is 2.25. The SMILES string of the molecule is O=C(CC(C(=O)c1ccccc1)c1ccc(Cl)cc1)c1ccccc1. The first kappa shape index (κ1) is 17.1. The maximum atomic E-state index is 13.0. The molecule has 0 fully saturated rings. The molecule has 3 heteroatoms. The largest absolute Gasteiger partial charge is 0.294 e. The quantitative estimate of drug-likeness (QED) is 0.545. The van der Waals surface area contributed by atoms with Crippen molar-refractivity contribution in [3.8, 4) is 0 Å². The van der Waals surface area contributed by atoms with Gasteiger partial charge in [-0.25, -0.2) is 0 Å². The third kappa shape index (κ3) is 4.23. The normalized spacial score (nSPS) is 11.7. The van der Waals surface area contributed by atoms with Crippen LogP contribution in [0.4, 0.5) is 0 Å². The molecule has 0 aliphatic heterocycles. The average molecular weight is 349 g/mol. The van der Waals surface area contributed by atoms with E-state index < -0.39 is 5.92 Å². The van der Waals surface area contributed by atoms with Gasteiger partial charge in [0, 0.05) is 22.6 Å². The zero-order valence-electron chi connectivity index (χ0n) is 13.6. The van der Waals surface area contributed by atoms with Gasteiger partial charge in [-0.15, -0.1) is 0 Å². The van der Waals surface area contributed by atoms with Crippen molar-refractivity contribution in [1.29, 1.82) is 0 Å². The van der Waals surface area contributed by atoms with E-state index in [2.05, 4.69) is 0 Å². The van der Waals surface area contributed by atoms with Crippen molar-refractivity contribution in [2.45, 2.75) is 12.3 Å². The molecule has 1 atom stereocenters. The second kappa shape index (κ2) is 7.91. The Labute approximate surface area is 152 Å². The van der Waals surface area contributed by atoms with E-state index in [4.69, 9.17) is 11.6 Å². The standard InChI is InChI=1S/C22H17ClO2/c23-19-13-11-16(12-14-19)20(22(25)18-9-5-2-6-10-18)15-21(24)17-7-3-1-4-8-17/h1-14,20H,15H2. The highest BCUT2D eigenvalue weighted by molar-refractivity contribution is 6.30. The number of benzene rings is 3. The number of ketones is 2.